The highest BCUT2D eigenvalue weighted by Crippen LogP contribution is 2.25. The molecule has 0 radical (unpaired) electrons. The number of methoxy groups -OCH3 is 2. The summed E-state index contributed by atoms with van der Waals surface area (Å²) in [5, 5.41) is -0.656. The van der Waals surface area contributed by atoms with Crippen molar-refractivity contribution in [3.63, 3.8) is 0 Å². The molecular weight excluding hydrogens is 186 g/mol. The first-order valence-electron chi connectivity index (χ1n) is 3.31. The molecule has 0 unspecified atom stereocenters. The smallest absolute Gasteiger partial charge is 0.322 e. The second-order valence-corrected chi connectivity index (χ2v) is 2.60. The SMILES string of the molecule is COC1(OC)COCN1C(=O)Cl. The Balaban J connectivity index is 2.78. The Morgan fingerprint density at radius 3 is 2.50 bits per heavy atom. The Morgan fingerprint density at radius 2 is 2.17 bits per heavy atom. The first kappa shape index (κ1) is 9.73. The molecule has 12 heavy (non-hydrogen) atoms. The lowest BCUT2D eigenvalue weighted by atomic mass is 10.5. The Kier molecular flexibility index (Phi) is 2.89. The molecule has 0 aromatic carbocycles. The third kappa shape index (κ3) is 1.40. The van der Waals surface area contributed by atoms with Crippen LogP contribution >= 0.6 is 11.6 Å². The molecule has 0 bridgehead atoms. The van der Waals surface area contributed by atoms with Gasteiger partial charge in [0.2, 0.25) is 0 Å². The van der Waals surface area contributed by atoms with Crippen molar-refractivity contribution in [1.82, 2.24) is 4.90 Å². The third-order valence-electron chi connectivity index (χ3n) is 1.77. The van der Waals surface area contributed by atoms with Gasteiger partial charge in [-0.15, -0.1) is 0 Å². The first-order chi connectivity index (χ1) is 5.66. The van der Waals surface area contributed by atoms with Crippen molar-refractivity contribution in [1.29, 1.82) is 0 Å². The average molecular weight is 196 g/mol. The molecule has 0 N–H and O–H groups in total. The number of ether oxygens (including phenoxy) is 3. The summed E-state index contributed by atoms with van der Waals surface area (Å²) in [6.07, 6.45) is 0. The zero-order valence-electron chi connectivity index (χ0n) is 6.87. The van der Waals surface area contributed by atoms with Crippen LogP contribution in [0.5, 0.6) is 0 Å². The van der Waals surface area contributed by atoms with Crippen molar-refractivity contribution in [2.75, 3.05) is 27.6 Å². The zero-order valence-corrected chi connectivity index (χ0v) is 7.63. The standard InChI is InChI=1S/C6H10ClNO4/c1-10-6(11-2)3-12-4-8(6)5(7)9/h3-4H2,1-2H3. The van der Waals surface area contributed by atoms with Crippen LogP contribution in [-0.4, -0.2) is 43.7 Å². The Labute approximate surface area is 75.1 Å². The second-order valence-electron chi connectivity index (χ2n) is 2.28. The van der Waals surface area contributed by atoms with Gasteiger partial charge in [0.05, 0.1) is 0 Å². The summed E-state index contributed by atoms with van der Waals surface area (Å²) in [5.41, 5.74) is 0. The molecule has 1 heterocycles. The van der Waals surface area contributed by atoms with Crippen molar-refractivity contribution in [2.45, 2.75) is 5.91 Å². The minimum absolute atomic E-state index is 0.0873. The van der Waals surface area contributed by atoms with E-state index in [-0.39, 0.29) is 13.3 Å². The Morgan fingerprint density at radius 1 is 1.58 bits per heavy atom. The molecule has 0 aromatic rings. The van der Waals surface area contributed by atoms with Crippen LogP contribution in [0.3, 0.4) is 0 Å². The summed E-state index contributed by atoms with van der Waals surface area (Å²) in [4.78, 5) is 12.0. The van der Waals surface area contributed by atoms with Crippen molar-refractivity contribution in [2.24, 2.45) is 0 Å². The monoisotopic (exact) mass is 195 g/mol. The van der Waals surface area contributed by atoms with Gasteiger partial charge in [-0.3, -0.25) is 9.69 Å². The molecular formula is C6H10ClNO4. The fraction of sp³-hybridized carbons (Fsp3) is 0.833. The van der Waals surface area contributed by atoms with E-state index in [9.17, 15) is 4.79 Å². The summed E-state index contributed by atoms with van der Waals surface area (Å²) in [6, 6.07) is 0. The number of hydrogen-bond acceptors (Lipinski definition) is 4. The van der Waals surface area contributed by atoms with E-state index < -0.39 is 11.3 Å². The summed E-state index contributed by atoms with van der Waals surface area (Å²) >= 11 is 5.27. The summed E-state index contributed by atoms with van der Waals surface area (Å²) in [7, 11) is 2.84. The van der Waals surface area contributed by atoms with Gasteiger partial charge >= 0.3 is 5.37 Å². The predicted octanol–water partition coefficient (Wildman–Crippen LogP) is 0.582. The number of nitrogens with zero attached hydrogens (tertiary/aromatic N) is 1. The number of carbonyl (C=O) groups is 1. The van der Waals surface area contributed by atoms with Gasteiger partial charge in [0, 0.05) is 14.2 Å². The molecule has 5 nitrogen and oxygen atoms in total. The number of halogens is 1. The van der Waals surface area contributed by atoms with Gasteiger partial charge in [0.1, 0.15) is 13.3 Å². The van der Waals surface area contributed by atoms with Gasteiger partial charge < -0.3 is 14.2 Å². The molecule has 1 rings (SSSR count). The van der Waals surface area contributed by atoms with Gasteiger partial charge in [0.15, 0.2) is 0 Å². The summed E-state index contributed by atoms with van der Waals surface area (Å²) in [6.45, 7) is 0.252. The molecule has 1 amide bonds. The molecule has 1 aliphatic heterocycles. The van der Waals surface area contributed by atoms with Gasteiger partial charge in [-0.2, -0.15) is 0 Å². The number of rotatable bonds is 2. The minimum atomic E-state index is -1.15. The molecule has 0 atom stereocenters. The van der Waals surface area contributed by atoms with Crippen molar-refractivity contribution in [3.05, 3.63) is 0 Å². The molecule has 70 valence electrons. The second kappa shape index (κ2) is 3.57. The lowest BCUT2D eigenvalue weighted by molar-refractivity contribution is -0.256. The maximum absolute atomic E-state index is 10.8. The lowest BCUT2D eigenvalue weighted by Crippen LogP contribution is -2.50. The van der Waals surface area contributed by atoms with E-state index in [2.05, 4.69) is 0 Å². The Bertz CT molecular complexity index is 182. The van der Waals surface area contributed by atoms with E-state index in [0.717, 1.165) is 4.90 Å². The van der Waals surface area contributed by atoms with E-state index in [1.165, 1.54) is 14.2 Å². The van der Waals surface area contributed by atoms with Crippen LogP contribution in [0, 0.1) is 0 Å². The van der Waals surface area contributed by atoms with E-state index in [4.69, 9.17) is 25.8 Å². The van der Waals surface area contributed by atoms with E-state index in [1.807, 2.05) is 0 Å². The molecule has 0 spiro atoms. The average Bonchev–Trinajstić information content (AvgIpc) is 2.48. The molecule has 1 saturated heterocycles. The maximum Gasteiger partial charge on any atom is 0.322 e. The minimum Gasteiger partial charge on any atom is -0.353 e. The van der Waals surface area contributed by atoms with Crippen molar-refractivity contribution in [3.8, 4) is 0 Å². The molecule has 1 fully saturated rings. The van der Waals surface area contributed by atoms with Crippen molar-refractivity contribution < 1.29 is 19.0 Å². The van der Waals surface area contributed by atoms with Crippen LogP contribution in [0.2, 0.25) is 0 Å². The predicted molar refractivity (Wildman–Crippen MR) is 40.7 cm³/mol. The van der Waals surface area contributed by atoms with Crippen LogP contribution in [0.1, 0.15) is 0 Å². The maximum atomic E-state index is 10.8. The lowest BCUT2D eigenvalue weighted by Gasteiger charge is -2.31. The number of carbonyl (C=O) groups excluding carboxylic acids is 1. The highest BCUT2D eigenvalue weighted by molar-refractivity contribution is 6.62. The van der Waals surface area contributed by atoms with Gasteiger partial charge in [-0.1, -0.05) is 0 Å². The summed E-state index contributed by atoms with van der Waals surface area (Å²) < 4.78 is 15.0. The quantitative estimate of drug-likeness (QED) is 0.368. The van der Waals surface area contributed by atoms with E-state index >= 15 is 0 Å². The largest absolute Gasteiger partial charge is 0.353 e. The van der Waals surface area contributed by atoms with Crippen molar-refractivity contribution >= 4 is 17.0 Å². The molecule has 0 aromatic heterocycles. The number of hydrogen-bond donors (Lipinski definition) is 0. The van der Waals surface area contributed by atoms with Gasteiger partial charge in [-0.05, 0) is 11.6 Å². The van der Waals surface area contributed by atoms with Crippen LogP contribution < -0.4 is 0 Å². The van der Waals surface area contributed by atoms with Gasteiger partial charge in [-0.25, -0.2) is 0 Å². The van der Waals surface area contributed by atoms with Crippen LogP contribution in [-0.2, 0) is 14.2 Å². The molecule has 6 heteroatoms. The van der Waals surface area contributed by atoms with E-state index in [1.54, 1.807) is 0 Å². The molecule has 1 aliphatic rings. The molecule has 0 aliphatic carbocycles. The Hall–Kier alpha value is -0.360. The first-order valence-corrected chi connectivity index (χ1v) is 3.69. The van der Waals surface area contributed by atoms with Gasteiger partial charge in [0.25, 0.3) is 5.91 Å². The fourth-order valence-corrected chi connectivity index (χ4v) is 1.23. The van der Waals surface area contributed by atoms with Crippen LogP contribution in [0.15, 0.2) is 0 Å². The summed E-state index contributed by atoms with van der Waals surface area (Å²) in [5.74, 6) is -1.15. The molecule has 0 saturated carbocycles. The topological polar surface area (TPSA) is 48.0 Å². The normalized spacial score (nSPS) is 21.4. The van der Waals surface area contributed by atoms with Crippen LogP contribution in [0.4, 0.5) is 4.79 Å². The van der Waals surface area contributed by atoms with E-state index in [0.29, 0.717) is 0 Å². The van der Waals surface area contributed by atoms with Crippen LogP contribution in [0.25, 0.3) is 0 Å². The highest BCUT2D eigenvalue weighted by atomic mass is 35.5. The number of amides is 1. The zero-order chi connectivity index (χ0) is 9.19. The fourth-order valence-electron chi connectivity index (χ4n) is 1.05. The third-order valence-corrected chi connectivity index (χ3v) is 1.97. The highest BCUT2D eigenvalue weighted by Gasteiger charge is 2.45.